The minimum Gasteiger partial charge on any atom is -0.326 e. The molecule has 1 fully saturated rings. The maximum absolute atomic E-state index is 12.6. The molecular formula is C23H24N2O3. The van der Waals surface area contributed by atoms with Crippen molar-refractivity contribution in [3.63, 3.8) is 0 Å². The number of carbonyl (C=O) groups excluding carboxylic acids is 3. The normalized spacial score (nSPS) is 18.9. The average Bonchev–Trinajstić information content (AvgIpc) is 3.01. The molecule has 0 unspecified atom stereocenters. The molecule has 4 rings (SSSR count). The fraction of sp³-hybridized carbons (Fsp3) is 0.348. The summed E-state index contributed by atoms with van der Waals surface area (Å²) < 4.78 is 0. The van der Waals surface area contributed by atoms with Gasteiger partial charge in [0.25, 0.3) is 0 Å². The molecule has 2 aromatic rings. The highest BCUT2D eigenvalue weighted by Crippen LogP contribution is 2.34. The van der Waals surface area contributed by atoms with Crippen LogP contribution in [0.2, 0.25) is 0 Å². The molecule has 0 bridgehead atoms. The van der Waals surface area contributed by atoms with Crippen molar-refractivity contribution in [3.8, 4) is 0 Å². The summed E-state index contributed by atoms with van der Waals surface area (Å²) in [6.07, 6.45) is 4.21. The number of aryl methyl sites for hydroxylation is 2. The maximum atomic E-state index is 12.6. The van der Waals surface area contributed by atoms with Gasteiger partial charge < -0.3 is 5.32 Å². The third-order valence-electron chi connectivity index (χ3n) is 5.70. The van der Waals surface area contributed by atoms with Gasteiger partial charge in [-0.3, -0.25) is 19.3 Å². The van der Waals surface area contributed by atoms with Crippen LogP contribution < -0.4 is 10.2 Å². The number of imide groups is 1. The third kappa shape index (κ3) is 3.57. The average molecular weight is 376 g/mol. The lowest BCUT2D eigenvalue weighted by atomic mass is 9.81. The number of hydrogen-bond acceptors (Lipinski definition) is 3. The lowest BCUT2D eigenvalue weighted by molar-refractivity contribution is -0.121. The Hall–Kier alpha value is -2.95. The van der Waals surface area contributed by atoms with Gasteiger partial charge in [-0.1, -0.05) is 24.3 Å². The van der Waals surface area contributed by atoms with Gasteiger partial charge in [-0.05, 0) is 67.0 Å². The molecule has 0 spiro atoms. The van der Waals surface area contributed by atoms with Crippen molar-refractivity contribution in [2.75, 3.05) is 10.2 Å². The van der Waals surface area contributed by atoms with E-state index in [-0.39, 0.29) is 36.5 Å². The zero-order chi connectivity index (χ0) is 19.7. The van der Waals surface area contributed by atoms with E-state index in [1.807, 2.05) is 19.1 Å². The van der Waals surface area contributed by atoms with E-state index in [0.717, 1.165) is 24.8 Å². The smallest absolute Gasteiger partial charge is 0.234 e. The largest absolute Gasteiger partial charge is 0.326 e. The van der Waals surface area contributed by atoms with E-state index in [4.69, 9.17) is 0 Å². The Morgan fingerprint density at radius 1 is 1.07 bits per heavy atom. The summed E-state index contributed by atoms with van der Waals surface area (Å²) in [6.45, 7) is 1.85. The Labute approximate surface area is 164 Å². The van der Waals surface area contributed by atoms with Gasteiger partial charge in [0.15, 0.2) is 0 Å². The van der Waals surface area contributed by atoms with E-state index in [9.17, 15) is 14.4 Å². The molecule has 5 nitrogen and oxygen atoms in total. The zero-order valence-corrected chi connectivity index (χ0v) is 16.0. The molecule has 0 saturated carbocycles. The summed E-state index contributed by atoms with van der Waals surface area (Å²) in [5.74, 6) is -0.0889. The molecule has 0 aromatic heterocycles. The van der Waals surface area contributed by atoms with Crippen molar-refractivity contribution in [2.45, 2.75) is 51.4 Å². The first-order valence-electron chi connectivity index (χ1n) is 9.87. The van der Waals surface area contributed by atoms with E-state index in [1.54, 1.807) is 12.1 Å². The van der Waals surface area contributed by atoms with E-state index < -0.39 is 0 Å². The van der Waals surface area contributed by atoms with E-state index >= 15 is 0 Å². The van der Waals surface area contributed by atoms with Crippen molar-refractivity contribution < 1.29 is 14.4 Å². The van der Waals surface area contributed by atoms with Crippen molar-refractivity contribution >= 4 is 29.1 Å². The lowest BCUT2D eigenvalue weighted by Gasteiger charge is -2.25. The molecule has 1 aliphatic carbocycles. The molecule has 1 heterocycles. The molecule has 1 aliphatic heterocycles. The molecule has 1 atom stereocenters. The van der Waals surface area contributed by atoms with Crippen molar-refractivity contribution in [1.29, 1.82) is 0 Å². The van der Waals surface area contributed by atoms with E-state index in [0.29, 0.717) is 17.8 Å². The summed E-state index contributed by atoms with van der Waals surface area (Å²) in [7, 11) is 0. The summed E-state index contributed by atoms with van der Waals surface area (Å²) in [5.41, 5.74) is 4.73. The van der Waals surface area contributed by atoms with Crippen LogP contribution in [0.3, 0.4) is 0 Å². The van der Waals surface area contributed by atoms with E-state index in [1.165, 1.54) is 16.0 Å². The molecule has 5 heteroatoms. The summed E-state index contributed by atoms with van der Waals surface area (Å²) in [4.78, 5) is 37.8. The first-order chi connectivity index (χ1) is 13.5. The molecule has 1 N–H and O–H groups in total. The van der Waals surface area contributed by atoms with Crippen LogP contribution in [0.5, 0.6) is 0 Å². The maximum Gasteiger partial charge on any atom is 0.234 e. The van der Waals surface area contributed by atoms with Crippen LogP contribution in [0.1, 0.15) is 54.7 Å². The van der Waals surface area contributed by atoms with Gasteiger partial charge in [-0.15, -0.1) is 0 Å². The van der Waals surface area contributed by atoms with Gasteiger partial charge >= 0.3 is 0 Å². The molecule has 28 heavy (non-hydrogen) atoms. The minimum atomic E-state index is -0.166. The monoisotopic (exact) mass is 376 g/mol. The fourth-order valence-electron chi connectivity index (χ4n) is 4.33. The van der Waals surface area contributed by atoms with Crippen LogP contribution in [0, 0.1) is 6.92 Å². The zero-order valence-electron chi connectivity index (χ0n) is 16.0. The topological polar surface area (TPSA) is 66.5 Å². The predicted molar refractivity (Wildman–Crippen MR) is 108 cm³/mol. The number of amides is 3. The number of carbonyl (C=O) groups is 3. The highest BCUT2D eigenvalue weighted by Gasteiger charge is 2.31. The summed E-state index contributed by atoms with van der Waals surface area (Å²) >= 11 is 0. The molecule has 2 aromatic carbocycles. The first-order valence-corrected chi connectivity index (χ1v) is 9.87. The number of benzene rings is 2. The molecule has 1 saturated heterocycles. The minimum absolute atomic E-state index is 0.0119. The fourth-order valence-corrected chi connectivity index (χ4v) is 4.33. The number of hydrogen-bond donors (Lipinski definition) is 1. The Bertz CT molecular complexity index is 935. The van der Waals surface area contributed by atoms with Crippen LogP contribution in [-0.2, 0) is 20.8 Å². The molecule has 2 aliphatic rings. The van der Waals surface area contributed by atoms with Crippen LogP contribution >= 0.6 is 0 Å². The number of fused-ring (bicyclic) bond motifs is 1. The van der Waals surface area contributed by atoms with Gasteiger partial charge in [-0.25, -0.2) is 0 Å². The SMILES string of the molecule is Cc1cc(NC(=O)C[C@H]2CCCc3ccccc32)ccc1N1C(=O)CCC1=O. The van der Waals surface area contributed by atoms with Crippen LogP contribution in [0.4, 0.5) is 11.4 Å². The molecule has 144 valence electrons. The lowest BCUT2D eigenvalue weighted by Crippen LogP contribution is -2.29. The van der Waals surface area contributed by atoms with Crippen LogP contribution in [0.15, 0.2) is 42.5 Å². The quantitative estimate of drug-likeness (QED) is 0.817. The first kappa shape index (κ1) is 18.4. The predicted octanol–water partition coefficient (Wildman–Crippen LogP) is 4.10. The van der Waals surface area contributed by atoms with Crippen molar-refractivity contribution in [1.82, 2.24) is 0 Å². The number of anilines is 2. The van der Waals surface area contributed by atoms with Crippen LogP contribution in [-0.4, -0.2) is 17.7 Å². The number of nitrogens with zero attached hydrogens (tertiary/aromatic N) is 1. The Morgan fingerprint density at radius 3 is 2.57 bits per heavy atom. The van der Waals surface area contributed by atoms with Gasteiger partial charge in [0.2, 0.25) is 17.7 Å². The summed E-state index contributed by atoms with van der Waals surface area (Å²) in [6, 6.07) is 13.7. The molecule has 3 amide bonds. The van der Waals surface area contributed by atoms with Crippen molar-refractivity contribution in [2.24, 2.45) is 0 Å². The van der Waals surface area contributed by atoms with Crippen molar-refractivity contribution in [3.05, 3.63) is 59.2 Å². The Kier molecular flexibility index (Phi) is 4.99. The number of rotatable bonds is 4. The van der Waals surface area contributed by atoms with Gasteiger partial charge in [0, 0.05) is 24.9 Å². The Morgan fingerprint density at radius 2 is 1.82 bits per heavy atom. The second kappa shape index (κ2) is 7.58. The standard InChI is InChI=1S/C23H24N2O3/c1-15-13-18(9-10-20(15)25-22(27)11-12-23(25)28)24-21(26)14-17-7-4-6-16-5-2-3-8-19(16)17/h2-3,5,8-10,13,17H,4,6-7,11-12,14H2,1H3,(H,24,26)/t17-/m1/s1. The second-order valence-electron chi connectivity index (χ2n) is 7.66. The molecule has 0 radical (unpaired) electrons. The highest BCUT2D eigenvalue weighted by molar-refractivity contribution is 6.20. The van der Waals surface area contributed by atoms with E-state index in [2.05, 4.69) is 23.5 Å². The van der Waals surface area contributed by atoms with Gasteiger partial charge in [0.05, 0.1) is 5.69 Å². The third-order valence-corrected chi connectivity index (χ3v) is 5.70. The van der Waals surface area contributed by atoms with Gasteiger partial charge in [0.1, 0.15) is 0 Å². The Balaban J connectivity index is 1.45. The second-order valence-corrected chi connectivity index (χ2v) is 7.66. The molecular weight excluding hydrogens is 352 g/mol. The summed E-state index contributed by atoms with van der Waals surface area (Å²) in [5, 5.41) is 2.97. The van der Waals surface area contributed by atoms with Crippen LogP contribution in [0.25, 0.3) is 0 Å². The highest BCUT2D eigenvalue weighted by atomic mass is 16.2. The number of nitrogens with one attached hydrogen (secondary N) is 1. The van der Waals surface area contributed by atoms with Gasteiger partial charge in [-0.2, -0.15) is 0 Å².